The Kier molecular flexibility index (Phi) is 1.32. The quantitative estimate of drug-likeness (QED) is 0.426. The minimum Gasteiger partial charge on any atom is -0.243 e. The molecule has 0 aliphatic heterocycles. The topological polar surface area (TPSA) is 0 Å². The van der Waals surface area contributed by atoms with Crippen LogP contribution in [0.4, 0.5) is 8.78 Å². The minimum absolute atomic E-state index is 0.463. The van der Waals surface area contributed by atoms with Crippen LogP contribution >= 0.6 is 0 Å². The zero-order valence-electron chi connectivity index (χ0n) is 4.64. The molecule has 0 aromatic carbocycles. The average molecular weight is 118 g/mol. The Morgan fingerprint density at radius 1 is 1.12 bits per heavy atom. The highest BCUT2D eigenvalue weighted by Gasteiger charge is 2.26. The summed E-state index contributed by atoms with van der Waals surface area (Å²) in [6, 6.07) is 0. The van der Waals surface area contributed by atoms with Crippen molar-refractivity contribution in [3.05, 3.63) is 12.2 Å². The summed E-state index contributed by atoms with van der Waals surface area (Å²) < 4.78 is 24.5. The zero-order valence-corrected chi connectivity index (χ0v) is 4.64. The molecule has 8 heavy (non-hydrogen) atoms. The van der Waals surface area contributed by atoms with Crippen LogP contribution in [0.1, 0.15) is 6.92 Å². The molecule has 0 N–H and O–H groups in total. The van der Waals surface area contributed by atoms with Gasteiger partial charge in [-0.1, -0.05) is 19.1 Å². The van der Waals surface area contributed by atoms with Gasteiger partial charge < -0.3 is 0 Å². The molecule has 0 nitrogen and oxygen atoms in total. The monoisotopic (exact) mass is 118 g/mol. The van der Waals surface area contributed by atoms with Crippen molar-refractivity contribution in [3.8, 4) is 0 Å². The van der Waals surface area contributed by atoms with E-state index in [9.17, 15) is 8.78 Å². The number of hydrogen-bond acceptors (Lipinski definition) is 0. The molecule has 1 rings (SSSR count). The lowest BCUT2D eigenvalue weighted by Gasteiger charge is -2.06. The Morgan fingerprint density at radius 3 is 1.62 bits per heavy atom. The third kappa shape index (κ3) is 0.746. The van der Waals surface area contributed by atoms with Gasteiger partial charge in [0.05, 0.1) is 0 Å². The summed E-state index contributed by atoms with van der Waals surface area (Å²) in [6.07, 6.45) is 0.417. The molecule has 2 heteroatoms. The van der Waals surface area contributed by atoms with Gasteiger partial charge in [-0.2, -0.15) is 0 Å². The van der Waals surface area contributed by atoms with Crippen molar-refractivity contribution in [1.82, 2.24) is 0 Å². The van der Waals surface area contributed by atoms with Crippen molar-refractivity contribution in [3.63, 3.8) is 0 Å². The molecule has 0 fully saturated rings. The molecule has 0 spiro atoms. The summed E-state index contributed by atoms with van der Waals surface area (Å²) in [5.41, 5.74) is 0. The zero-order chi connectivity index (χ0) is 6.15. The Bertz CT molecular complexity index is 97.1. The van der Waals surface area contributed by atoms with Crippen molar-refractivity contribution in [2.75, 3.05) is 0 Å². The summed E-state index contributed by atoms with van der Waals surface area (Å²) >= 11 is 0. The maximum atomic E-state index is 12.2. The second-order valence-corrected chi connectivity index (χ2v) is 2.13. The second kappa shape index (κ2) is 1.84. The number of allylic oxidation sites excluding steroid dienone is 2. The fourth-order valence-corrected chi connectivity index (χ4v) is 0.738. The number of rotatable bonds is 0. The van der Waals surface area contributed by atoms with E-state index >= 15 is 0 Å². The Morgan fingerprint density at radius 2 is 1.50 bits per heavy atom. The first-order valence-electron chi connectivity index (χ1n) is 2.68. The lowest BCUT2D eigenvalue weighted by Crippen LogP contribution is -2.12. The van der Waals surface area contributed by atoms with Crippen LogP contribution in [-0.4, -0.2) is 12.3 Å². The van der Waals surface area contributed by atoms with E-state index in [1.165, 1.54) is 12.2 Å². The fourth-order valence-electron chi connectivity index (χ4n) is 0.738. The molecule has 0 saturated heterocycles. The number of alkyl halides is 2. The van der Waals surface area contributed by atoms with Gasteiger partial charge in [-0.05, 0) is 0 Å². The molecule has 2 unspecified atom stereocenters. The van der Waals surface area contributed by atoms with Crippen LogP contribution in [0.25, 0.3) is 0 Å². The first-order chi connectivity index (χ1) is 3.72. The molecule has 2 atom stereocenters. The van der Waals surface area contributed by atoms with E-state index in [-0.39, 0.29) is 0 Å². The first-order valence-corrected chi connectivity index (χ1v) is 2.68. The predicted octanol–water partition coefficient (Wildman–Crippen LogP) is 1.87. The van der Waals surface area contributed by atoms with E-state index in [1.54, 1.807) is 6.92 Å². The summed E-state index contributed by atoms with van der Waals surface area (Å²) in [4.78, 5) is 0. The lowest BCUT2D eigenvalue weighted by atomic mass is 10.1. The third-order valence-corrected chi connectivity index (χ3v) is 1.48. The van der Waals surface area contributed by atoms with Crippen molar-refractivity contribution < 1.29 is 8.78 Å². The second-order valence-electron chi connectivity index (χ2n) is 2.13. The molecule has 0 aromatic rings. The molecule has 1 aliphatic carbocycles. The highest BCUT2D eigenvalue weighted by atomic mass is 19.1. The van der Waals surface area contributed by atoms with Crippen molar-refractivity contribution in [2.45, 2.75) is 19.3 Å². The van der Waals surface area contributed by atoms with Gasteiger partial charge in [-0.15, -0.1) is 0 Å². The Labute approximate surface area is 47.2 Å². The van der Waals surface area contributed by atoms with E-state index < -0.39 is 18.3 Å². The lowest BCUT2D eigenvalue weighted by molar-refractivity contribution is 0.224. The maximum absolute atomic E-state index is 12.2. The summed E-state index contributed by atoms with van der Waals surface area (Å²) in [7, 11) is 0. The van der Waals surface area contributed by atoms with E-state index in [2.05, 4.69) is 0 Å². The molecule has 46 valence electrons. The van der Waals surface area contributed by atoms with Gasteiger partial charge in [-0.25, -0.2) is 8.78 Å². The van der Waals surface area contributed by atoms with Crippen LogP contribution in [0.5, 0.6) is 0 Å². The van der Waals surface area contributed by atoms with Crippen LogP contribution in [0.2, 0.25) is 0 Å². The smallest absolute Gasteiger partial charge is 0.124 e. The highest BCUT2D eigenvalue weighted by Crippen LogP contribution is 2.23. The van der Waals surface area contributed by atoms with E-state index in [0.717, 1.165) is 0 Å². The average Bonchev–Trinajstić information content (AvgIpc) is 1.98. The van der Waals surface area contributed by atoms with Crippen LogP contribution in [0, 0.1) is 5.92 Å². The molecule has 1 aliphatic rings. The van der Waals surface area contributed by atoms with E-state index in [0.29, 0.717) is 0 Å². The molecule has 0 saturated carbocycles. The van der Waals surface area contributed by atoms with Crippen LogP contribution in [-0.2, 0) is 0 Å². The van der Waals surface area contributed by atoms with Gasteiger partial charge in [-0.3, -0.25) is 0 Å². The van der Waals surface area contributed by atoms with Crippen LogP contribution in [0.15, 0.2) is 12.2 Å². The Hall–Kier alpha value is -0.400. The summed E-state index contributed by atoms with van der Waals surface area (Å²) in [6.45, 7) is 1.56. The van der Waals surface area contributed by atoms with E-state index in [4.69, 9.17) is 0 Å². The van der Waals surface area contributed by atoms with Crippen molar-refractivity contribution in [2.24, 2.45) is 5.92 Å². The van der Waals surface area contributed by atoms with Crippen molar-refractivity contribution in [1.29, 1.82) is 0 Å². The predicted molar refractivity (Wildman–Crippen MR) is 28.1 cm³/mol. The largest absolute Gasteiger partial charge is 0.243 e. The molecule has 0 aromatic heterocycles. The summed E-state index contributed by atoms with van der Waals surface area (Å²) in [5.74, 6) is -0.463. The first kappa shape index (κ1) is 5.73. The van der Waals surface area contributed by atoms with Crippen molar-refractivity contribution >= 4 is 0 Å². The highest BCUT2D eigenvalue weighted by molar-refractivity contribution is 5.07. The van der Waals surface area contributed by atoms with Gasteiger partial charge >= 0.3 is 0 Å². The van der Waals surface area contributed by atoms with Gasteiger partial charge in [0.25, 0.3) is 0 Å². The van der Waals surface area contributed by atoms with Crippen LogP contribution < -0.4 is 0 Å². The maximum Gasteiger partial charge on any atom is 0.124 e. The van der Waals surface area contributed by atoms with Gasteiger partial charge in [0.2, 0.25) is 0 Å². The normalized spacial score (nSPS) is 45.6. The number of hydrogen-bond donors (Lipinski definition) is 0. The molecule has 0 amide bonds. The molecule has 0 heterocycles. The molecule has 0 radical (unpaired) electrons. The van der Waals surface area contributed by atoms with Gasteiger partial charge in [0, 0.05) is 5.92 Å². The minimum atomic E-state index is -1.06. The fraction of sp³-hybridized carbons (Fsp3) is 0.667. The number of halogens is 2. The third-order valence-electron chi connectivity index (χ3n) is 1.48. The molecular weight excluding hydrogens is 110 g/mol. The SMILES string of the molecule is CC1C(F)C=CC1F. The van der Waals surface area contributed by atoms with Crippen LogP contribution in [0.3, 0.4) is 0 Å². The van der Waals surface area contributed by atoms with Gasteiger partial charge in [0.1, 0.15) is 12.3 Å². The standard InChI is InChI=1S/C6H8F2/c1-4-5(7)2-3-6(4)8/h2-6H,1H3. The Balaban J connectivity index is 2.55. The van der Waals surface area contributed by atoms with Gasteiger partial charge in [0.15, 0.2) is 0 Å². The van der Waals surface area contributed by atoms with E-state index in [1.807, 2.05) is 0 Å². The molecule has 0 bridgehead atoms. The summed E-state index contributed by atoms with van der Waals surface area (Å²) in [5, 5.41) is 0. The molecular formula is C6H8F2.